The van der Waals surface area contributed by atoms with Crippen molar-refractivity contribution in [1.29, 1.82) is 0 Å². The van der Waals surface area contributed by atoms with Crippen LogP contribution in [0.25, 0.3) is 0 Å². The Morgan fingerprint density at radius 1 is 1.59 bits per heavy atom. The molecule has 4 nitrogen and oxygen atoms in total. The summed E-state index contributed by atoms with van der Waals surface area (Å²) in [5, 5.41) is 3.37. The molecule has 0 atom stereocenters. The molecule has 2 rings (SSSR count). The maximum absolute atomic E-state index is 11.3. The van der Waals surface area contributed by atoms with Crippen molar-refractivity contribution < 1.29 is 14.3 Å². The van der Waals surface area contributed by atoms with Gasteiger partial charge in [-0.05, 0) is 17.7 Å². The Kier molecular flexibility index (Phi) is 4.15. The summed E-state index contributed by atoms with van der Waals surface area (Å²) in [5.74, 6) is -0.322. The third-order valence-corrected chi connectivity index (χ3v) is 3.43. The van der Waals surface area contributed by atoms with Gasteiger partial charge in [0, 0.05) is 11.0 Å². The van der Waals surface area contributed by atoms with Crippen LogP contribution < -0.4 is 5.32 Å². The van der Waals surface area contributed by atoms with E-state index < -0.39 is 0 Å². The first-order valence-electron chi connectivity index (χ1n) is 5.38. The van der Waals surface area contributed by atoms with Crippen molar-refractivity contribution in [3.8, 4) is 0 Å². The van der Waals surface area contributed by atoms with Crippen LogP contribution >= 0.6 is 15.9 Å². The van der Waals surface area contributed by atoms with Gasteiger partial charge in [-0.3, -0.25) is 0 Å². The second-order valence-corrected chi connectivity index (χ2v) is 4.77. The number of carbonyl (C=O) groups excluding carboxylic acids is 1. The van der Waals surface area contributed by atoms with E-state index in [0.717, 1.165) is 29.8 Å². The minimum absolute atomic E-state index is 0.322. The maximum atomic E-state index is 11.3. The van der Waals surface area contributed by atoms with E-state index in [1.807, 2.05) is 6.07 Å². The van der Waals surface area contributed by atoms with Crippen LogP contribution in [0.15, 0.2) is 22.7 Å². The van der Waals surface area contributed by atoms with Gasteiger partial charge in [0.1, 0.15) is 0 Å². The summed E-state index contributed by atoms with van der Waals surface area (Å²) in [4.78, 5) is 11.3. The van der Waals surface area contributed by atoms with Gasteiger partial charge in [-0.25, -0.2) is 4.79 Å². The van der Waals surface area contributed by atoms with E-state index in [1.165, 1.54) is 7.11 Å². The molecule has 1 N–H and O–H groups in total. The molecule has 5 heteroatoms. The van der Waals surface area contributed by atoms with Gasteiger partial charge in [0.05, 0.1) is 31.9 Å². The Balaban J connectivity index is 2.00. The van der Waals surface area contributed by atoms with Gasteiger partial charge < -0.3 is 14.8 Å². The van der Waals surface area contributed by atoms with Crippen LogP contribution in [0, 0.1) is 0 Å². The Morgan fingerprint density at radius 2 is 2.35 bits per heavy atom. The van der Waals surface area contributed by atoms with Crippen molar-refractivity contribution in [2.45, 2.75) is 12.6 Å². The predicted molar refractivity (Wildman–Crippen MR) is 66.9 cm³/mol. The van der Waals surface area contributed by atoms with Crippen molar-refractivity contribution in [2.75, 3.05) is 20.3 Å². The van der Waals surface area contributed by atoms with E-state index in [4.69, 9.17) is 4.74 Å². The van der Waals surface area contributed by atoms with Crippen molar-refractivity contribution in [1.82, 2.24) is 5.32 Å². The smallest absolute Gasteiger partial charge is 0.337 e. The van der Waals surface area contributed by atoms with Crippen molar-refractivity contribution in [3.63, 3.8) is 0 Å². The molecule has 0 unspecified atom stereocenters. The number of hydrogen-bond donors (Lipinski definition) is 1. The summed E-state index contributed by atoms with van der Waals surface area (Å²) in [5.41, 5.74) is 1.67. The normalized spacial score (nSPS) is 15.4. The Morgan fingerprint density at radius 3 is 2.88 bits per heavy atom. The van der Waals surface area contributed by atoms with Gasteiger partial charge >= 0.3 is 5.97 Å². The standard InChI is InChI=1S/C12H14BrNO3/c1-16-12(15)8-2-3-9(11(13)4-8)5-14-10-6-17-7-10/h2-4,10,14H,5-7H2,1H3. The van der Waals surface area contributed by atoms with Crippen LogP contribution in [-0.4, -0.2) is 32.3 Å². The highest BCUT2D eigenvalue weighted by atomic mass is 79.9. The molecule has 0 bridgehead atoms. The van der Waals surface area contributed by atoms with Gasteiger partial charge in [-0.2, -0.15) is 0 Å². The SMILES string of the molecule is COC(=O)c1ccc(CNC2COC2)c(Br)c1. The van der Waals surface area contributed by atoms with Crippen LogP contribution in [0.4, 0.5) is 0 Å². The summed E-state index contributed by atoms with van der Waals surface area (Å²) in [6.07, 6.45) is 0. The van der Waals surface area contributed by atoms with Gasteiger partial charge in [-0.1, -0.05) is 22.0 Å². The third kappa shape index (κ3) is 3.06. The summed E-state index contributed by atoms with van der Waals surface area (Å²) < 4.78 is 10.7. The maximum Gasteiger partial charge on any atom is 0.337 e. The highest BCUT2D eigenvalue weighted by Gasteiger charge is 2.17. The molecule has 1 aliphatic heterocycles. The fraction of sp³-hybridized carbons (Fsp3) is 0.417. The molecule has 17 heavy (non-hydrogen) atoms. The first kappa shape index (κ1) is 12.5. The Labute approximate surface area is 108 Å². The van der Waals surface area contributed by atoms with Crippen LogP contribution in [0.2, 0.25) is 0 Å². The molecule has 0 saturated carbocycles. The zero-order valence-corrected chi connectivity index (χ0v) is 11.1. The lowest BCUT2D eigenvalue weighted by molar-refractivity contribution is -0.00580. The van der Waals surface area contributed by atoms with E-state index in [1.54, 1.807) is 12.1 Å². The lowest BCUT2D eigenvalue weighted by Crippen LogP contribution is -2.45. The molecule has 1 aromatic rings. The monoisotopic (exact) mass is 299 g/mol. The van der Waals surface area contributed by atoms with Crippen LogP contribution in [-0.2, 0) is 16.0 Å². The Bertz CT molecular complexity index is 418. The van der Waals surface area contributed by atoms with E-state index in [0.29, 0.717) is 11.6 Å². The number of halogens is 1. The third-order valence-electron chi connectivity index (χ3n) is 2.69. The van der Waals surface area contributed by atoms with Gasteiger partial charge in [0.15, 0.2) is 0 Å². The molecule has 0 radical (unpaired) electrons. The van der Waals surface area contributed by atoms with Crippen molar-refractivity contribution in [2.24, 2.45) is 0 Å². The molecule has 92 valence electrons. The number of hydrogen-bond acceptors (Lipinski definition) is 4. The summed E-state index contributed by atoms with van der Waals surface area (Å²) >= 11 is 3.46. The van der Waals surface area contributed by atoms with Crippen LogP contribution in [0.3, 0.4) is 0 Å². The summed E-state index contributed by atoms with van der Waals surface area (Å²) in [7, 11) is 1.38. The van der Waals surface area contributed by atoms with Crippen LogP contribution in [0.5, 0.6) is 0 Å². The molecule has 0 spiro atoms. The largest absolute Gasteiger partial charge is 0.465 e. The van der Waals surface area contributed by atoms with Gasteiger partial charge in [0.2, 0.25) is 0 Å². The minimum Gasteiger partial charge on any atom is -0.465 e. The number of benzene rings is 1. The highest BCUT2D eigenvalue weighted by Crippen LogP contribution is 2.19. The zero-order chi connectivity index (χ0) is 12.3. The number of ether oxygens (including phenoxy) is 2. The lowest BCUT2D eigenvalue weighted by Gasteiger charge is -2.27. The second-order valence-electron chi connectivity index (χ2n) is 3.91. The second kappa shape index (κ2) is 5.62. The lowest BCUT2D eigenvalue weighted by atomic mass is 10.1. The van der Waals surface area contributed by atoms with E-state index in [9.17, 15) is 4.79 Å². The number of nitrogens with one attached hydrogen (secondary N) is 1. The fourth-order valence-corrected chi connectivity index (χ4v) is 2.06. The quantitative estimate of drug-likeness (QED) is 0.860. The summed E-state index contributed by atoms with van der Waals surface area (Å²) in [6.45, 7) is 2.31. The molecule has 1 heterocycles. The molecule has 1 fully saturated rings. The molecule has 0 aromatic heterocycles. The minimum atomic E-state index is -0.322. The molecule has 1 aliphatic rings. The van der Waals surface area contributed by atoms with Crippen molar-refractivity contribution >= 4 is 21.9 Å². The topological polar surface area (TPSA) is 47.6 Å². The fourth-order valence-electron chi connectivity index (χ4n) is 1.54. The zero-order valence-electron chi connectivity index (χ0n) is 9.53. The summed E-state index contributed by atoms with van der Waals surface area (Å²) in [6, 6.07) is 5.91. The highest BCUT2D eigenvalue weighted by molar-refractivity contribution is 9.10. The molecule has 1 saturated heterocycles. The molecule has 1 aromatic carbocycles. The molecular formula is C12H14BrNO3. The number of esters is 1. The Hall–Kier alpha value is -0.910. The number of methoxy groups -OCH3 is 1. The van der Waals surface area contributed by atoms with Crippen LogP contribution in [0.1, 0.15) is 15.9 Å². The molecule has 0 amide bonds. The van der Waals surface area contributed by atoms with E-state index >= 15 is 0 Å². The molecular weight excluding hydrogens is 286 g/mol. The average Bonchev–Trinajstić information content (AvgIpc) is 2.28. The number of rotatable bonds is 4. The van der Waals surface area contributed by atoms with Gasteiger partial charge in [-0.15, -0.1) is 0 Å². The van der Waals surface area contributed by atoms with E-state index in [2.05, 4.69) is 26.0 Å². The van der Waals surface area contributed by atoms with Crippen molar-refractivity contribution in [3.05, 3.63) is 33.8 Å². The number of carbonyl (C=O) groups is 1. The predicted octanol–water partition coefficient (Wildman–Crippen LogP) is 1.72. The average molecular weight is 300 g/mol. The first-order chi connectivity index (χ1) is 8.20. The van der Waals surface area contributed by atoms with Gasteiger partial charge in [0.25, 0.3) is 0 Å². The molecule has 0 aliphatic carbocycles. The first-order valence-corrected chi connectivity index (χ1v) is 6.18. The van der Waals surface area contributed by atoms with E-state index in [-0.39, 0.29) is 5.97 Å².